The number of fused-ring (bicyclic) bond motifs is 2. The highest BCUT2D eigenvalue weighted by atomic mass is 19.4. The highest BCUT2D eigenvalue weighted by molar-refractivity contribution is 5.98. The summed E-state index contributed by atoms with van der Waals surface area (Å²) in [5.74, 6) is -4.91. The third-order valence-electron chi connectivity index (χ3n) is 10.8. The molecule has 1 heterocycles. The van der Waals surface area contributed by atoms with E-state index in [4.69, 9.17) is 18.9 Å². The molecule has 3 aliphatic rings. The van der Waals surface area contributed by atoms with Crippen molar-refractivity contribution in [1.82, 2.24) is 10.2 Å². The van der Waals surface area contributed by atoms with Crippen LogP contribution in [0, 0.1) is 0 Å². The van der Waals surface area contributed by atoms with Gasteiger partial charge in [0.2, 0.25) is 11.8 Å². The van der Waals surface area contributed by atoms with Gasteiger partial charge in [0.05, 0.1) is 18.2 Å². The number of aliphatic hydroxyl groups is 1. The molecule has 16 heteroatoms. The molecule has 3 aromatic rings. The maximum absolute atomic E-state index is 14.6. The first-order valence-electron chi connectivity index (χ1n) is 20.6. The molecular weight excluding hydrogens is 826 g/mol. The lowest BCUT2D eigenvalue weighted by Gasteiger charge is -2.34. The number of benzene rings is 3. The summed E-state index contributed by atoms with van der Waals surface area (Å²) in [4.78, 5) is 68.5. The Morgan fingerprint density at radius 2 is 1.59 bits per heavy atom. The number of alkyl halides is 3. The van der Waals surface area contributed by atoms with E-state index in [1.54, 1.807) is 51.1 Å². The van der Waals surface area contributed by atoms with Gasteiger partial charge in [0.1, 0.15) is 30.0 Å². The van der Waals surface area contributed by atoms with Crippen LogP contribution in [0.15, 0.2) is 96.6 Å². The minimum atomic E-state index is -4.72. The number of nitrogens with zero attached hydrogens (tertiary/aromatic N) is 1. The summed E-state index contributed by atoms with van der Waals surface area (Å²) in [6.07, 6.45) is -3.30. The number of carbonyl (C=O) groups is 5. The molecule has 1 aliphatic heterocycles. The zero-order valence-corrected chi connectivity index (χ0v) is 35.4. The normalized spacial score (nSPS) is 19.9. The largest absolute Gasteiger partial charge is 0.460 e. The van der Waals surface area contributed by atoms with E-state index in [9.17, 15) is 42.3 Å². The number of hydrogen-bond donors (Lipinski definition) is 2. The van der Waals surface area contributed by atoms with E-state index in [2.05, 4.69) is 10.1 Å². The van der Waals surface area contributed by atoms with Gasteiger partial charge in [0.25, 0.3) is 0 Å². The minimum absolute atomic E-state index is 0.0277. The van der Waals surface area contributed by atoms with Gasteiger partial charge in [-0.05, 0) is 67.7 Å². The summed E-state index contributed by atoms with van der Waals surface area (Å²) < 4.78 is 66.8. The molecule has 2 aliphatic carbocycles. The van der Waals surface area contributed by atoms with Gasteiger partial charge in [-0.15, -0.1) is 0 Å². The van der Waals surface area contributed by atoms with E-state index in [0.717, 1.165) is 28.8 Å². The predicted octanol–water partition coefficient (Wildman–Crippen LogP) is 5.61. The molecule has 0 unspecified atom stereocenters. The summed E-state index contributed by atoms with van der Waals surface area (Å²) in [6.45, 7) is 2.95. The van der Waals surface area contributed by atoms with E-state index in [-0.39, 0.29) is 42.4 Å². The second-order valence-corrected chi connectivity index (χ2v) is 16.8. The minimum Gasteiger partial charge on any atom is -0.460 e. The van der Waals surface area contributed by atoms with Gasteiger partial charge < -0.3 is 39.0 Å². The molecule has 2 amide bonds. The maximum atomic E-state index is 14.6. The highest BCUT2D eigenvalue weighted by Crippen LogP contribution is 2.45. The Kier molecular flexibility index (Phi) is 14.6. The second-order valence-electron chi connectivity index (χ2n) is 16.8. The average Bonchev–Trinajstić information content (AvgIpc) is 3.79. The number of ether oxygens (including phenoxy) is 5. The van der Waals surface area contributed by atoms with Crippen molar-refractivity contribution in [3.05, 3.63) is 124 Å². The monoisotopic (exact) mass is 876 g/mol. The highest BCUT2D eigenvalue weighted by Gasteiger charge is 2.55. The number of amides is 2. The number of esters is 3. The van der Waals surface area contributed by atoms with Crippen LogP contribution >= 0.6 is 0 Å². The topological polar surface area (TPSA) is 167 Å². The van der Waals surface area contributed by atoms with Crippen LogP contribution in [0.2, 0.25) is 0 Å². The molecule has 336 valence electrons. The Bertz CT molecular complexity index is 2190. The molecule has 13 nitrogen and oxygen atoms in total. The van der Waals surface area contributed by atoms with Gasteiger partial charge in [-0.25, -0.2) is 9.59 Å². The summed E-state index contributed by atoms with van der Waals surface area (Å²) >= 11 is 0. The van der Waals surface area contributed by atoms with Crippen molar-refractivity contribution in [1.29, 1.82) is 0 Å². The van der Waals surface area contributed by atoms with Gasteiger partial charge in [0.15, 0.2) is 12.4 Å². The summed E-state index contributed by atoms with van der Waals surface area (Å²) in [5.41, 5.74) is 2.35. The van der Waals surface area contributed by atoms with Crippen LogP contribution in [0.5, 0.6) is 0 Å². The summed E-state index contributed by atoms with van der Waals surface area (Å²) in [5, 5.41) is 13.0. The third kappa shape index (κ3) is 12.4. The molecule has 0 saturated carbocycles. The van der Waals surface area contributed by atoms with Crippen LogP contribution in [0.1, 0.15) is 72.6 Å². The number of halogens is 3. The molecule has 0 radical (unpaired) electrons. The van der Waals surface area contributed by atoms with Crippen molar-refractivity contribution in [3.8, 4) is 0 Å². The van der Waals surface area contributed by atoms with E-state index < -0.39 is 90.9 Å². The first kappa shape index (κ1) is 46.7. The van der Waals surface area contributed by atoms with Crippen LogP contribution in [-0.4, -0.2) is 108 Å². The number of aliphatic hydroxyl groups excluding tert-OH is 1. The van der Waals surface area contributed by atoms with Crippen LogP contribution in [0.3, 0.4) is 0 Å². The molecule has 3 aromatic carbocycles. The predicted molar refractivity (Wildman–Crippen MR) is 222 cm³/mol. The number of nitrogens with one attached hydrogen (secondary N) is 1. The first-order valence-corrected chi connectivity index (χ1v) is 20.6. The SMILES string of the molecule is CN(C(=O)C1=C[C@H]2OC3(Cc4ccccc4C3)O[C@H]2[C@H](OC(=O)c2ccccc2C=CC(=O)OCC(F)(F)F)C1)[C@H](Cc1ccccc1)C(=O)N[C@H](CO)CCC(=O)OC(C)(C)C. The van der Waals surface area contributed by atoms with Gasteiger partial charge >= 0.3 is 24.1 Å². The number of rotatable bonds is 15. The van der Waals surface area contributed by atoms with Crippen LogP contribution in [-0.2, 0) is 62.1 Å². The van der Waals surface area contributed by atoms with Crippen LogP contribution < -0.4 is 5.32 Å². The molecule has 1 saturated heterocycles. The van der Waals surface area contributed by atoms with Gasteiger partial charge in [-0.3, -0.25) is 14.4 Å². The van der Waals surface area contributed by atoms with Gasteiger partial charge in [-0.2, -0.15) is 13.2 Å². The van der Waals surface area contributed by atoms with Crippen LogP contribution in [0.4, 0.5) is 13.2 Å². The number of hydrogen-bond acceptors (Lipinski definition) is 11. The Balaban J connectivity index is 1.25. The zero-order valence-electron chi connectivity index (χ0n) is 35.4. The zero-order chi connectivity index (χ0) is 45.5. The average molecular weight is 877 g/mol. The van der Waals surface area contributed by atoms with Crippen molar-refractivity contribution < 1.29 is 65.9 Å². The van der Waals surface area contributed by atoms with E-state index in [0.29, 0.717) is 12.8 Å². The van der Waals surface area contributed by atoms with Gasteiger partial charge in [-0.1, -0.05) is 72.8 Å². The lowest BCUT2D eigenvalue weighted by Crippen LogP contribution is -2.53. The second kappa shape index (κ2) is 19.7. The third-order valence-corrected chi connectivity index (χ3v) is 10.8. The molecule has 2 N–H and O–H groups in total. The molecule has 6 rings (SSSR count). The maximum Gasteiger partial charge on any atom is 0.422 e. The standard InChI is InChI=1S/C47H51F3N2O11/c1-45(2,3)62-40(55)21-19-34(27-53)51-42(56)36(22-29-12-6-5-7-13-29)52(4)43(57)33-23-37(41-38(24-33)61-46(63-41)25-31-15-8-9-16-32(31)26-46)60-44(58)35-17-11-10-14-30(35)18-20-39(54)59-28-47(48,49)50/h5-18,20,24,34,36-38,41,53H,19,21-23,25-28H2,1-4H3,(H,51,56)/t34-,36+,37+,38+,41-/m0/s1. The fourth-order valence-corrected chi connectivity index (χ4v) is 7.84. The van der Waals surface area contributed by atoms with E-state index in [1.807, 2.05) is 42.5 Å². The van der Waals surface area contributed by atoms with Crippen molar-refractivity contribution >= 4 is 35.8 Å². The Hall–Kier alpha value is -5.84. The lowest BCUT2D eigenvalue weighted by atomic mass is 9.90. The van der Waals surface area contributed by atoms with Crippen molar-refractivity contribution in [2.45, 2.75) is 107 Å². The quantitative estimate of drug-likeness (QED) is 0.111. The molecular formula is C47H51F3N2O11. The fourth-order valence-electron chi connectivity index (χ4n) is 7.84. The summed E-state index contributed by atoms with van der Waals surface area (Å²) in [7, 11) is 1.47. The van der Waals surface area contributed by atoms with Crippen molar-refractivity contribution in [2.24, 2.45) is 0 Å². The van der Waals surface area contributed by atoms with E-state index in [1.165, 1.54) is 24.1 Å². The molecule has 1 fully saturated rings. The first-order chi connectivity index (χ1) is 29.8. The molecule has 1 spiro atoms. The smallest absolute Gasteiger partial charge is 0.422 e. The Labute approximate surface area is 363 Å². The number of carbonyl (C=O) groups excluding carboxylic acids is 5. The molecule has 0 bridgehead atoms. The molecule has 0 aromatic heterocycles. The lowest BCUT2D eigenvalue weighted by molar-refractivity contribution is -0.182. The fraction of sp³-hybridized carbons (Fsp3) is 0.426. The molecule has 5 atom stereocenters. The van der Waals surface area contributed by atoms with Gasteiger partial charge in [0, 0.05) is 50.8 Å². The van der Waals surface area contributed by atoms with Crippen molar-refractivity contribution in [2.75, 3.05) is 20.3 Å². The van der Waals surface area contributed by atoms with Crippen LogP contribution in [0.25, 0.3) is 6.08 Å². The van der Waals surface area contributed by atoms with E-state index >= 15 is 0 Å². The Morgan fingerprint density at radius 3 is 2.24 bits per heavy atom. The Morgan fingerprint density at radius 1 is 0.937 bits per heavy atom. The number of likely N-dealkylation sites (N-methyl/N-ethyl adjacent to an activating group) is 1. The van der Waals surface area contributed by atoms with Crippen molar-refractivity contribution in [3.63, 3.8) is 0 Å². The molecule has 63 heavy (non-hydrogen) atoms. The summed E-state index contributed by atoms with van der Waals surface area (Å²) in [6, 6.07) is 20.8.